The summed E-state index contributed by atoms with van der Waals surface area (Å²) in [7, 11) is 2.73. The number of carbonyl (C=O) groups excluding carboxylic acids is 1. The molecule has 29 heavy (non-hydrogen) atoms. The number of aromatic nitrogens is 2. The minimum Gasteiger partial charge on any atom is -0.496 e. The number of hydrogen-bond donors (Lipinski definition) is 2. The Morgan fingerprint density at radius 1 is 1.24 bits per heavy atom. The van der Waals surface area contributed by atoms with Gasteiger partial charge in [-0.15, -0.1) is 0 Å². The summed E-state index contributed by atoms with van der Waals surface area (Å²) in [5.41, 5.74) is -0.583. The summed E-state index contributed by atoms with van der Waals surface area (Å²) in [5.74, 6) is -0.684. The molecule has 2 N–H and O–H groups in total. The fraction of sp³-hybridized carbons (Fsp3) is 0.364. The maximum atomic E-state index is 13.9. The number of nitrogens with one attached hydrogen (secondary N) is 1. The van der Waals surface area contributed by atoms with E-state index in [0.29, 0.717) is 17.0 Å². The van der Waals surface area contributed by atoms with Crippen molar-refractivity contribution in [1.82, 2.24) is 9.97 Å². The number of aliphatic hydroxyl groups is 1. The van der Waals surface area contributed by atoms with Crippen molar-refractivity contribution in [3.05, 3.63) is 59.8 Å². The number of halogens is 1. The Morgan fingerprint density at radius 2 is 2.00 bits per heavy atom. The summed E-state index contributed by atoms with van der Waals surface area (Å²) in [6, 6.07) is 7.91. The van der Waals surface area contributed by atoms with Gasteiger partial charge in [0, 0.05) is 29.3 Å². The monoisotopic (exact) mass is 400 g/mol. The molecule has 3 aromatic rings. The first kappa shape index (κ1) is 20.8. The first-order chi connectivity index (χ1) is 13.7. The Kier molecular flexibility index (Phi) is 5.61. The molecule has 154 valence electrons. The lowest BCUT2D eigenvalue weighted by Crippen LogP contribution is -2.46. The Labute approximate surface area is 168 Å². The smallest absolute Gasteiger partial charge is 0.338 e. The van der Waals surface area contributed by atoms with Crippen molar-refractivity contribution >= 4 is 16.9 Å². The molecule has 0 aliphatic heterocycles. The average molecular weight is 400 g/mol. The first-order valence-corrected chi connectivity index (χ1v) is 9.25. The van der Waals surface area contributed by atoms with Gasteiger partial charge in [0.1, 0.15) is 11.6 Å². The van der Waals surface area contributed by atoms with E-state index in [9.17, 15) is 14.3 Å². The number of carbonyl (C=O) groups is 1. The van der Waals surface area contributed by atoms with E-state index in [1.54, 1.807) is 12.4 Å². The van der Waals surface area contributed by atoms with E-state index in [1.807, 2.05) is 26.0 Å². The topological polar surface area (TPSA) is 84.4 Å². The van der Waals surface area contributed by atoms with Crippen molar-refractivity contribution in [3.63, 3.8) is 0 Å². The van der Waals surface area contributed by atoms with Crippen LogP contribution in [0.25, 0.3) is 10.9 Å². The summed E-state index contributed by atoms with van der Waals surface area (Å²) in [4.78, 5) is 19.8. The number of fused-ring (bicyclic) bond motifs is 1. The molecular formula is C22H25FN2O4. The molecule has 6 nitrogen and oxygen atoms in total. The number of methoxy groups -OCH3 is 2. The van der Waals surface area contributed by atoms with Crippen LogP contribution in [0.5, 0.6) is 5.75 Å². The molecule has 0 bridgehead atoms. The van der Waals surface area contributed by atoms with Crippen LogP contribution in [0.4, 0.5) is 4.39 Å². The minimum absolute atomic E-state index is 0.000101. The van der Waals surface area contributed by atoms with Crippen molar-refractivity contribution in [1.29, 1.82) is 0 Å². The second kappa shape index (κ2) is 7.83. The van der Waals surface area contributed by atoms with Crippen LogP contribution in [0.15, 0.2) is 42.7 Å². The number of hydrogen-bond acceptors (Lipinski definition) is 5. The van der Waals surface area contributed by atoms with Crippen LogP contribution in [0.1, 0.15) is 31.5 Å². The second-order valence-electron chi connectivity index (χ2n) is 7.86. The molecule has 2 heterocycles. The molecule has 0 saturated carbocycles. The lowest BCUT2D eigenvalue weighted by atomic mass is 9.73. The maximum Gasteiger partial charge on any atom is 0.338 e. The number of nitrogens with zero attached hydrogens (tertiary/aromatic N) is 1. The molecule has 2 aromatic heterocycles. The number of aromatic amines is 1. The van der Waals surface area contributed by atoms with Crippen molar-refractivity contribution in [2.45, 2.75) is 37.7 Å². The third-order valence-electron chi connectivity index (χ3n) is 5.15. The molecular weight excluding hydrogens is 375 g/mol. The van der Waals surface area contributed by atoms with Crippen LogP contribution in [-0.4, -0.2) is 40.9 Å². The zero-order valence-electron chi connectivity index (χ0n) is 17.0. The second-order valence-corrected chi connectivity index (χ2v) is 7.86. The van der Waals surface area contributed by atoms with Gasteiger partial charge in [-0.1, -0.05) is 13.8 Å². The van der Waals surface area contributed by atoms with Crippen LogP contribution in [0, 0.1) is 5.82 Å². The Hall–Kier alpha value is -2.93. The predicted molar refractivity (Wildman–Crippen MR) is 107 cm³/mol. The number of benzene rings is 1. The van der Waals surface area contributed by atoms with Crippen molar-refractivity contribution in [2.75, 3.05) is 14.2 Å². The Balaban J connectivity index is 1.97. The lowest BCUT2D eigenvalue weighted by Gasteiger charge is -2.35. The fourth-order valence-corrected chi connectivity index (χ4v) is 3.87. The van der Waals surface area contributed by atoms with Crippen LogP contribution in [0.3, 0.4) is 0 Å². The van der Waals surface area contributed by atoms with Crippen LogP contribution >= 0.6 is 0 Å². The highest BCUT2D eigenvalue weighted by Gasteiger charge is 2.44. The van der Waals surface area contributed by atoms with Gasteiger partial charge in [-0.25, -0.2) is 9.18 Å². The van der Waals surface area contributed by atoms with Gasteiger partial charge in [-0.05, 0) is 42.2 Å². The third-order valence-corrected chi connectivity index (χ3v) is 5.15. The minimum atomic E-state index is -1.83. The maximum absolute atomic E-state index is 13.9. The number of pyridine rings is 1. The largest absolute Gasteiger partial charge is 0.496 e. The fourth-order valence-electron chi connectivity index (χ4n) is 3.87. The first-order valence-electron chi connectivity index (χ1n) is 9.25. The summed E-state index contributed by atoms with van der Waals surface area (Å²) in [6.45, 7) is 3.65. The molecule has 1 aromatic carbocycles. The summed E-state index contributed by atoms with van der Waals surface area (Å²) < 4.78 is 24.2. The quantitative estimate of drug-likeness (QED) is 0.593. The summed E-state index contributed by atoms with van der Waals surface area (Å²) in [6.07, 6.45) is 3.36. The number of rotatable bonds is 7. The molecule has 1 atom stereocenters. The summed E-state index contributed by atoms with van der Waals surface area (Å²) >= 11 is 0. The van der Waals surface area contributed by atoms with Gasteiger partial charge in [0.25, 0.3) is 0 Å². The van der Waals surface area contributed by atoms with Crippen molar-refractivity contribution in [3.8, 4) is 5.75 Å². The van der Waals surface area contributed by atoms with Crippen LogP contribution in [-0.2, 0) is 21.4 Å². The van der Waals surface area contributed by atoms with Gasteiger partial charge < -0.3 is 19.6 Å². The molecule has 0 aliphatic rings. The molecule has 0 aliphatic carbocycles. The van der Waals surface area contributed by atoms with Crippen molar-refractivity contribution in [2.24, 2.45) is 0 Å². The van der Waals surface area contributed by atoms with Crippen LogP contribution < -0.4 is 4.74 Å². The molecule has 1 unspecified atom stereocenters. The zero-order valence-corrected chi connectivity index (χ0v) is 17.0. The molecule has 7 heteroatoms. The van der Waals surface area contributed by atoms with Gasteiger partial charge in [0.15, 0.2) is 5.60 Å². The average Bonchev–Trinajstić information content (AvgIpc) is 3.08. The van der Waals surface area contributed by atoms with E-state index in [-0.39, 0.29) is 12.8 Å². The molecule has 3 rings (SSSR count). The molecule has 0 amide bonds. The molecule has 0 radical (unpaired) electrons. The highest BCUT2D eigenvalue weighted by molar-refractivity contribution is 5.82. The van der Waals surface area contributed by atoms with E-state index in [1.165, 1.54) is 32.4 Å². The zero-order chi connectivity index (χ0) is 21.2. The van der Waals surface area contributed by atoms with Gasteiger partial charge in [0.2, 0.25) is 0 Å². The predicted octanol–water partition coefficient (Wildman–Crippen LogP) is 3.53. The summed E-state index contributed by atoms with van der Waals surface area (Å²) in [5, 5.41) is 12.3. The van der Waals surface area contributed by atoms with E-state index >= 15 is 0 Å². The third kappa shape index (κ3) is 4.24. The van der Waals surface area contributed by atoms with E-state index < -0.39 is 22.8 Å². The van der Waals surface area contributed by atoms with Crippen LogP contribution in [0.2, 0.25) is 0 Å². The molecule has 0 saturated heterocycles. The van der Waals surface area contributed by atoms with Gasteiger partial charge in [-0.2, -0.15) is 0 Å². The van der Waals surface area contributed by atoms with Gasteiger partial charge >= 0.3 is 5.97 Å². The Morgan fingerprint density at radius 3 is 2.66 bits per heavy atom. The Bertz CT molecular complexity index is 998. The van der Waals surface area contributed by atoms with E-state index in [0.717, 1.165) is 10.9 Å². The van der Waals surface area contributed by atoms with Crippen molar-refractivity contribution < 1.29 is 23.8 Å². The number of H-pyrrole nitrogens is 1. The highest BCUT2D eigenvalue weighted by Crippen LogP contribution is 2.39. The van der Waals surface area contributed by atoms with Gasteiger partial charge in [-0.3, -0.25) is 4.98 Å². The lowest BCUT2D eigenvalue weighted by molar-refractivity contribution is -0.164. The SMILES string of the molecule is COC(=O)C(O)(Cc1cc2ccncc2[nH]1)CC(C)(C)c1cc(F)ccc1OC. The van der Waals surface area contributed by atoms with E-state index in [2.05, 4.69) is 9.97 Å². The molecule has 0 spiro atoms. The normalized spacial score (nSPS) is 13.9. The van der Waals surface area contributed by atoms with Gasteiger partial charge in [0.05, 0.1) is 25.9 Å². The highest BCUT2D eigenvalue weighted by atomic mass is 19.1. The number of ether oxygens (including phenoxy) is 2. The molecule has 0 fully saturated rings. The number of esters is 1. The standard InChI is InChI=1S/C22H25FN2O4/c1-21(2,17-10-15(23)5-6-19(17)28-3)13-22(27,20(26)29-4)11-16-9-14-7-8-24-12-18(14)25-16/h5-10,12,25,27H,11,13H2,1-4H3. The van der Waals surface area contributed by atoms with E-state index in [4.69, 9.17) is 9.47 Å².